The van der Waals surface area contributed by atoms with E-state index < -0.39 is 5.97 Å². The minimum atomic E-state index is -0.893. The topological polar surface area (TPSA) is 37.3 Å². The minimum absolute atomic E-state index is 0.144. The van der Waals surface area contributed by atoms with Crippen LogP contribution in [-0.2, 0) is 10.8 Å². The lowest BCUT2D eigenvalue weighted by molar-refractivity contribution is 0.0697. The van der Waals surface area contributed by atoms with E-state index in [1.54, 1.807) is 12.1 Å². The van der Waals surface area contributed by atoms with Crippen molar-refractivity contribution in [3.63, 3.8) is 0 Å². The lowest BCUT2D eigenvalue weighted by atomic mass is 9.71. The maximum atomic E-state index is 11.0. The lowest BCUT2D eigenvalue weighted by Gasteiger charge is -2.32. The number of carbonyl (C=O) groups is 1. The largest absolute Gasteiger partial charge is 0.478 e. The molecule has 0 amide bonds. The molecule has 2 aromatic carbocycles. The Kier molecular flexibility index (Phi) is 4.58. The van der Waals surface area contributed by atoms with Crippen molar-refractivity contribution in [2.45, 2.75) is 59.3 Å². The normalized spacial score (nSPS) is 20.4. The standard InChI is InChI=1S/C25H30O2/c1-15(12-18-8-10-19(11-9-18)23(26)27)20-14-22-21(13-16(20)2)24(4,5)17(3)25(22,6)7/h8-14,17H,1-7H3,(H,26,27). The van der Waals surface area contributed by atoms with Crippen molar-refractivity contribution in [3.8, 4) is 0 Å². The number of aromatic carboxylic acids is 1. The van der Waals surface area contributed by atoms with E-state index in [0.717, 1.165) is 5.56 Å². The van der Waals surface area contributed by atoms with Crippen LogP contribution in [0.1, 0.15) is 79.7 Å². The fraction of sp³-hybridized carbons (Fsp3) is 0.400. The number of hydrogen-bond donors (Lipinski definition) is 1. The summed E-state index contributed by atoms with van der Waals surface area (Å²) in [4.78, 5) is 11.0. The first-order chi connectivity index (χ1) is 12.5. The zero-order valence-electron chi connectivity index (χ0n) is 17.5. The third-order valence-corrected chi connectivity index (χ3v) is 6.88. The van der Waals surface area contributed by atoms with E-state index in [1.807, 2.05) is 12.1 Å². The maximum absolute atomic E-state index is 11.0. The number of carboxylic acid groups (broad SMARTS) is 1. The Morgan fingerprint density at radius 3 is 2.04 bits per heavy atom. The summed E-state index contributed by atoms with van der Waals surface area (Å²) in [6.45, 7) is 16.1. The molecule has 27 heavy (non-hydrogen) atoms. The molecule has 0 heterocycles. The quantitative estimate of drug-likeness (QED) is 0.636. The van der Waals surface area contributed by atoms with Crippen molar-refractivity contribution >= 4 is 17.6 Å². The van der Waals surface area contributed by atoms with Crippen molar-refractivity contribution in [1.29, 1.82) is 0 Å². The zero-order valence-corrected chi connectivity index (χ0v) is 17.5. The molecule has 0 bridgehead atoms. The van der Waals surface area contributed by atoms with Gasteiger partial charge >= 0.3 is 5.97 Å². The van der Waals surface area contributed by atoms with Gasteiger partial charge in [-0.3, -0.25) is 0 Å². The summed E-state index contributed by atoms with van der Waals surface area (Å²) in [6.07, 6.45) is 2.14. The van der Waals surface area contributed by atoms with Crippen LogP contribution in [0.25, 0.3) is 11.6 Å². The molecule has 1 aliphatic carbocycles. The minimum Gasteiger partial charge on any atom is -0.478 e. The SMILES string of the molecule is CC(=Cc1ccc(C(=O)O)cc1)c1cc2c(cc1C)C(C)(C)C(C)C2(C)C. The fourth-order valence-electron chi connectivity index (χ4n) is 4.62. The Labute approximate surface area is 162 Å². The van der Waals surface area contributed by atoms with Gasteiger partial charge in [-0.15, -0.1) is 0 Å². The predicted octanol–water partition coefficient (Wildman–Crippen LogP) is 6.46. The Balaban J connectivity index is 2.06. The average Bonchev–Trinajstić information content (AvgIpc) is 2.72. The maximum Gasteiger partial charge on any atom is 0.335 e. The second-order valence-corrected chi connectivity index (χ2v) is 9.13. The first-order valence-electron chi connectivity index (χ1n) is 9.64. The molecule has 2 heteroatoms. The predicted molar refractivity (Wildman–Crippen MR) is 113 cm³/mol. The summed E-state index contributed by atoms with van der Waals surface area (Å²) >= 11 is 0. The number of aryl methyl sites for hydroxylation is 1. The van der Waals surface area contributed by atoms with Crippen molar-refractivity contribution < 1.29 is 9.90 Å². The Bertz CT molecular complexity index is 928. The van der Waals surface area contributed by atoms with Crippen LogP contribution >= 0.6 is 0 Å². The number of allylic oxidation sites excluding steroid dienone is 1. The van der Waals surface area contributed by atoms with Gasteiger partial charge in [0.15, 0.2) is 0 Å². The third kappa shape index (κ3) is 3.12. The highest BCUT2D eigenvalue weighted by Gasteiger charge is 2.48. The van der Waals surface area contributed by atoms with E-state index in [2.05, 4.69) is 66.7 Å². The molecule has 0 aliphatic heterocycles. The smallest absolute Gasteiger partial charge is 0.335 e. The second kappa shape index (κ2) is 6.37. The molecule has 1 aliphatic rings. The van der Waals surface area contributed by atoms with E-state index in [1.165, 1.54) is 27.8 Å². The summed E-state index contributed by atoms with van der Waals surface area (Å²) in [5, 5.41) is 9.06. The fourth-order valence-corrected chi connectivity index (χ4v) is 4.62. The highest BCUT2D eigenvalue weighted by atomic mass is 16.4. The van der Waals surface area contributed by atoms with Crippen LogP contribution in [0.3, 0.4) is 0 Å². The highest BCUT2D eigenvalue weighted by Crippen LogP contribution is 2.54. The molecular weight excluding hydrogens is 332 g/mol. The summed E-state index contributed by atoms with van der Waals surface area (Å²) < 4.78 is 0. The molecule has 1 N–H and O–H groups in total. The van der Waals surface area contributed by atoms with Gasteiger partial charge in [0.1, 0.15) is 0 Å². The molecule has 142 valence electrons. The van der Waals surface area contributed by atoms with Crippen LogP contribution in [0.2, 0.25) is 0 Å². The Morgan fingerprint density at radius 1 is 1.00 bits per heavy atom. The van der Waals surface area contributed by atoms with Crippen LogP contribution in [0, 0.1) is 12.8 Å². The van der Waals surface area contributed by atoms with Gasteiger partial charge in [0, 0.05) is 0 Å². The highest BCUT2D eigenvalue weighted by molar-refractivity contribution is 5.88. The summed E-state index contributed by atoms with van der Waals surface area (Å²) in [5.74, 6) is -0.321. The van der Waals surface area contributed by atoms with Crippen LogP contribution in [-0.4, -0.2) is 11.1 Å². The van der Waals surface area contributed by atoms with Crippen molar-refractivity contribution in [3.05, 3.63) is 69.8 Å². The number of fused-ring (bicyclic) bond motifs is 1. The first-order valence-corrected chi connectivity index (χ1v) is 9.64. The van der Waals surface area contributed by atoms with Crippen molar-refractivity contribution in [2.24, 2.45) is 5.92 Å². The average molecular weight is 363 g/mol. The van der Waals surface area contributed by atoms with E-state index >= 15 is 0 Å². The van der Waals surface area contributed by atoms with Crippen molar-refractivity contribution in [2.75, 3.05) is 0 Å². The van der Waals surface area contributed by atoms with Crippen LogP contribution in [0.5, 0.6) is 0 Å². The summed E-state index contributed by atoms with van der Waals surface area (Å²) in [5.41, 5.74) is 8.34. The van der Waals surface area contributed by atoms with E-state index in [-0.39, 0.29) is 10.8 Å². The molecule has 0 fully saturated rings. The Hall–Kier alpha value is -2.35. The second-order valence-electron chi connectivity index (χ2n) is 9.13. The zero-order chi connectivity index (χ0) is 20.1. The molecule has 3 rings (SSSR count). The number of carboxylic acids is 1. The van der Waals surface area contributed by atoms with Gasteiger partial charge in [0.25, 0.3) is 0 Å². The molecule has 0 saturated heterocycles. The molecule has 0 aromatic heterocycles. The molecular formula is C25H30O2. The molecule has 0 radical (unpaired) electrons. The van der Waals surface area contributed by atoms with Gasteiger partial charge in [-0.05, 0) is 76.1 Å². The molecule has 2 nitrogen and oxygen atoms in total. The van der Waals surface area contributed by atoms with E-state index in [4.69, 9.17) is 5.11 Å². The first kappa shape index (κ1) is 19.4. The molecule has 2 aromatic rings. The van der Waals surface area contributed by atoms with Gasteiger partial charge in [-0.25, -0.2) is 4.79 Å². The number of benzene rings is 2. The van der Waals surface area contributed by atoms with Gasteiger partial charge < -0.3 is 5.11 Å². The number of rotatable bonds is 3. The van der Waals surface area contributed by atoms with E-state index in [0.29, 0.717) is 11.5 Å². The Morgan fingerprint density at radius 2 is 1.52 bits per heavy atom. The van der Waals surface area contributed by atoms with Crippen LogP contribution < -0.4 is 0 Å². The monoisotopic (exact) mass is 362 g/mol. The van der Waals surface area contributed by atoms with Gasteiger partial charge in [-0.1, -0.05) is 65.0 Å². The van der Waals surface area contributed by atoms with Crippen LogP contribution in [0.4, 0.5) is 0 Å². The molecule has 0 spiro atoms. The summed E-state index contributed by atoms with van der Waals surface area (Å²) in [7, 11) is 0. The van der Waals surface area contributed by atoms with E-state index in [9.17, 15) is 4.79 Å². The van der Waals surface area contributed by atoms with Gasteiger partial charge in [0.05, 0.1) is 5.56 Å². The van der Waals surface area contributed by atoms with Crippen LogP contribution in [0.15, 0.2) is 36.4 Å². The number of hydrogen-bond acceptors (Lipinski definition) is 1. The van der Waals surface area contributed by atoms with Gasteiger partial charge in [-0.2, -0.15) is 0 Å². The molecule has 1 unspecified atom stereocenters. The lowest BCUT2D eigenvalue weighted by Crippen LogP contribution is -2.30. The van der Waals surface area contributed by atoms with Gasteiger partial charge in [0.2, 0.25) is 0 Å². The third-order valence-electron chi connectivity index (χ3n) is 6.88. The molecule has 0 saturated carbocycles. The van der Waals surface area contributed by atoms with Crippen molar-refractivity contribution in [1.82, 2.24) is 0 Å². The summed E-state index contributed by atoms with van der Waals surface area (Å²) in [6, 6.07) is 11.8. The molecule has 1 atom stereocenters.